The number of ether oxygens (including phenoxy) is 1. The number of nitrogens with zero attached hydrogens (tertiary/aromatic N) is 1. The first-order chi connectivity index (χ1) is 12.1. The number of furan rings is 1. The maximum absolute atomic E-state index is 12.5. The summed E-state index contributed by atoms with van der Waals surface area (Å²) in [6, 6.07) is 10.3. The van der Waals surface area contributed by atoms with Crippen molar-refractivity contribution in [3.05, 3.63) is 58.3 Å². The van der Waals surface area contributed by atoms with Gasteiger partial charge in [-0.2, -0.15) is 0 Å². The molecule has 0 saturated heterocycles. The number of benzene rings is 1. The van der Waals surface area contributed by atoms with E-state index in [4.69, 9.17) is 9.15 Å². The molecule has 0 aliphatic carbocycles. The molecule has 2 heterocycles. The van der Waals surface area contributed by atoms with Crippen molar-refractivity contribution in [1.82, 2.24) is 15.5 Å². The number of hydrogen-bond acceptors (Lipinski definition) is 6. The normalized spacial score (nSPS) is 11.9. The largest absolute Gasteiger partial charge is 0.496 e. The number of hydrogen-bond donors (Lipinski definition) is 2. The van der Waals surface area contributed by atoms with Gasteiger partial charge in [-0.05, 0) is 24.6 Å². The molecule has 0 aliphatic rings. The molecule has 3 rings (SSSR count). The van der Waals surface area contributed by atoms with Crippen molar-refractivity contribution in [2.45, 2.75) is 19.4 Å². The second-order valence-electron chi connectivity index (χ2n) is 5.28. The Balaban J connectivity index is 1.79. The van der Waals surface area contributed by atoms with Crippen molar-refractivity contribution in [2.24, 2.45) is 0 Å². The van der Waals surface area contributed by atoms with Gasteiger partial charge in [0.2, 0.25) is 5.82 Å². The lowest BCUT2D eigenvalue weighted by Gasteiger charge is -2.19. The van der Waals surface area contributed by atoms with Gasteiger partial charge < -0.3 is 14.5 Å². The average Bonchev–Trinajstić information content (AvgIpc) is 3.28. The van der Waals surface area contributed by atoms with E-state index in [9.17, 15) is 9.59 Å². The molecule has 1 aromatic carbocycles. The van der Waals surface area contributed by atoms with Crippen molar-refractivity contribution in [2.75, 3.05) is 7.11 Å². The summed E-state index contributed by atoms with van der Waals surface area (Å²) >= 11 is 0. The van der Waals surface area contributed by atoms with Crippen LogP contribution in [0.15, 0.2) is 50.1 Å². The molecule has 3 aromatic rings. The van der Waals surface area contributed by atoms with Crippen molar-refractivity contribution in [3.63, 3.8) is 0 Å². The highest BCUT2D eigenvalue weighted by Crippen LogP contribution is 2.27. The van der Waals surface area contributed by atoms with Gasteiger partial charge in [0.25, 0.3) is 5.91 Å². The second-order valence-corrected chi connectivity index (χ2v) is 5.28. The van der Waals surface area contributed by atoms with Crippen LogP contribution >= 0.6 is 0 Å². The maximum Gasteiger partial charge on any atom is 0.439 e. The van der Waals surface area contributed by atoms with E-state index < -0.39 is 5.76 Å². The quantitative estimate of drug-likeness (QED) is 0.711. The van der Waals surface area contributed by atoms with E-state index in [1.165, 1.54) is 12.1 Å². The molecule has 1 amide bonds. The number of carbonyl (C=O) groups excluding carboxylic acids is 1. The molecule has 130 valence electrons. The third-order valence-corrected chi connectivity index (χ3v) is 3.73. The number of methoxy groups -OCH3 is 1. The second kappa shape index (κ2) is 7.08. The highest BCUT2D eigenvalue weighted by Gasteiger charge is 2.20. The SMILES string of the molecule is CCC(NC(=O)c1ccc(-c2noc(=O)[nH]2)o1)c1ccccc1OC. The molecule has 0 bridgehead atoms. The minimum Gasteiger partial charge on any atom is -0.496 e. The monoisotopic (exact) mass is 343 g/mol. The van der Waals surface area contributed by atoms with Crippen LogP contribution in [0.2, 0.25) is 0 Å². The van der Waals surface area contributed by atoms with E-state index in [0.717, 1.165) is 5.56 Å². The van der Waals surface area contributed by atoms with Crippen molar-refractivity contribution in [1.29, 1.82) is 0 Å². The summed E-state index contributed by atoms with van der Waals surface area (Å²) in [5, 5.41) is 6.44. The number of nitrogens with one attached hydrogen (secondary N) is 2. The number of amides is 1. The van der Waals surface area contributed by atoms with Crippen LogP contribution in [-0.2, 0) is 0 Å². The molecule has 0 aliphatic heterocycles. The Morgan fingerprint density at radius 2 is 2.12 bits per heavy atom. The summed E-state index contributed by atoms with van der Waals surface area (Å²) in [6.45, 7) is 1.96. The van der Waals surface area contributed by atoms with Gasteiger partial charge in [0.1, 0.15) is 5.75 Å². The Bertz CT molecular complexity index is 924. The van der Waals surface area contributed by atoms with Crippen LogP contribution in [0.1, 0.15) is 35.5 Å². The highest BCUT2D eigenvalue weighted by molar-refractivity contribution is 5.92. The number of para-hydroxylation sites is 1. The minimum atomic E-state index is -0.695. The molecule has 1 atom stereocenters. The van der Waals surface area contributed by atoms with Gasteiger partial charge in [-0.25, -0.2) is 4.79 Å². The van der Waals surface area contributed by atoms with Gasteiger partial charge in [0.15, 0.2) is 11.5 Å². The van der Waals surface area contributed by atoms with E-state index in [1.807, 2.05) is 31.2 Å². The third kappa shape index (κ3) is 3.47. The Morgan fingerprint density at radius 3 is 2.80 bits per heavy atom. The van der Waals surface area contributed by atoms with Gasteiger partial charge in [0.05, 0.1) is 13.2 Å². The highest BCUT2D eigenvalue weighted by atomic mass is 16.5. The zero-order chi connectivity index (χ0) is 17.8. The zero-order valence-electron chi connectivity index (χ0n) is 13.7. The van der Waals surface area contributed by atoms with Crippen LogP contribution in [0.25, 0.3) is 11.6 Å². The van der Waals surface area contributed by atoms with Gasteiger partial charge in [0, 0.05) is 5.56 Å². The van der Waals surface area contributed by atoms with Gasteiger partial charge in [-0.1, -0.05) is 30.3 Å². The predicted molar refractivity (Wildman–Crippen MR) is 88.3 cm³/mol. The lowest BCUT2D eigenvalue weighted by molar-refractivity contribution is 0.0908. The molecule has 2 aromatic heterocycles. The first-order valence-corrected chi connectivity index (χ1v) is 7.72. The number of aromatic nitrogens is 2. The molecule has 0 spiro atoms. The molecule has 8 nitrogen and oxygen atoms in total. The summed E-state index contributed by atoms with van der Waals surface area (Å²) in [7, 11) is 1.59. The fourth-order valence-corrected chi connectivity index (χ4v) is 2.51. The molecule has 25 heavy (non-hydrogen) atoms. The summed E-state index contributed by atoms with van der Waals surface area (Å²) in [5.74, 6) is 0.0961. The number of aromatic amines is 1. The topological polar surface area (TPSA) is 110 Å². The molecular formula is C17H17N3O5. The Labute approximate surface area is 142 Å². The Kier molecular flexibility index (Phi) is 4.69. The fraction of sp³-hybridized carbons (Fsp3) is 0.235. The summed E-state index contributed by atoms with van der Waals surface area (Å²) in [6.07, 6.45) is 0.677. The number of H-pyrrole nitrogens is 1. The fourth-order valence-electron chi connectivity index (χ4n) is 2.51. The van der Waals surface area contributed by atoms with E-state index in [-0.39, 0.29) is 29.3 Å². The molecule has 0 fully saturated rings. The maximum atomic E-state index is 12.5. The van der Waals surface area contributed by atoms with Crippen LogP contribution in [0.4, 0.5) is 0 Å². The minimum absolute atomic E-state index is 0.104. The standard InChI is InChI=1S/C17H17N3O5/c1-3-11(10-6-4-5-7-12(10)23-2)18-16(21)14-9-8-13(24-14)15-19-17(22)25-20-15/h4-9,11H,3H2,1-2H3,(H,18,21)(H,19,20,22). The van der Waals surface area contributed by atoms with Gasteiger partial charge in [-0.15, -0.1) is 0 Å². The Morgan fingerprint density at radius 1 is 1.32 bits per heavy atom. The van der Waals surface area contributed by atoms with Crippen LogP contribution in [0.3, 0.4) is 0 Å². The summed E-state index contributed by atoms with van der Waals surface area (Å²) in [4.78, 5) is 25.8. The lowest BCUT2D eigenvalue weighted by Crippen LogP contribution is -2.28. The van der Waals surface area contributed by atoms with E-state index >= 15 is 0 Å². The average molecular weight is 343 g/mol. The van der Waals surface area contributed by atoms with E-state index in [2.05, 4.69) is 20.0 Å². The van der Waals surface area contributed by atoms with E-state index in [1.54, 1.807) is 7.11 Å². The molecular weight excluding hydrogens is 326 g/mol. The van der Waals surface area contributed by atoms with Crippen molar-refractivity contribution < 1.29 is 18.5 Å². The van der Waals surface area contributed by atoms with Gasteiger partial charge >= 0.3 is 5.76 Å². The molecule has 2 N–H and O–H groups in total. The van der Waals surface area contributed by atoms with Crippen molar-refractivity contribution >= 4 is 5.91 Å². The van der Waals surface area contributed by atoms with Crippen LogP contribution in [-0.4, -0.2) is 23.2 Å². The zero-order valence-corrected chi connectivity index (χ0v) is 13.7. The molecule has 0 saturated carbocycles. The summed E-state index contributed by atoms with van der Waals surface area (Å²) < 4.78 is 15.2. The predicted octanol–water partition coefficient (Wildman–Crippen LogP) is 2.51. The number of rotatable bonds is 6. The van der Waals surface area contributed by atoms with Gasteiger partial charge in [-0.3, -0.25) is 14.3 Å². The van der Waals surface area contributed by atoms with Crippen molar-refractivity contribution in [3.8, 4) is 17.3 Å². The first kappa shape index (κ1) is 16.6. The number of carbonyl (C=O) groups is 1. The smallest absolute Gasteiger partial charge is 0.439 e. The molecule has 0 radical (unpaired) electrons. The van der Waals surface area contributed by atoms with E-state index in [0.29, 0.717) is 12.2 Å². The lowest BCUT2D eigenvalue weighted by atomic mass is 10.0. The molecule has 1 unspecified atom stereocenters. The van der Waals surface area contributed by atoms with Crippen LogP contribution in [0.5, 0.6) is 5.75 Å². The molecule has 8 heteroatoms. The third-order valence-electron chi connectivity index (χ3n) is 3.73. The first-order valence-electron chi connectivity index (χ1n) is 7.72. The van der Waals surface area contributed by atoms with Crippen LogP contribution < -0.4 is 15.8 Å². The van der Waals surface area contributed by atoms with Crippen LogP contribution in [0, 0.1) is 0 Å². The Hall–Kier alpha value is -3.29. The summed E-state index contributed by atoms with van der Waals surface area (Å²) in [5.41, 5.74) is 0.883.